The Hall–Kier alpha value is -3.30. The van der Waals surface area contributed by atoms with Gasteiger partial charge in [0.15, 0.2) is 6.29 Å². The zero-order valence-electron chi connectivity index (χ0n) is 24.8. The summed E-state index contributed by atoms with van der Waals surface area (Å²) in [7, 11) is 1.96. The third-order valence-corrected chi connectivity index (χ3v) is 8.60. The summed E-state index contributed by atoms with van der Waals surface area (Å²) >= 11 is 0. The highest BCUT2D eigenvalue weighted by atomic mass is 19.1. The van der Waals surface area contributed by atoms with Crippen molar-refractivity contribution in [2.24, 2.45) is 17.6 Å². The average Bonchev–Trinajstić information content (AvgIpc) is 2.98. The quantitative estimate of drug-likeness (QED) is 0.301. The van der Waals surface area contributed by atoms with Gasteiger partial charge in [-0.2, -0.15) is 0 Å². The first kappa shape index (κ1) is 31.6. The van der Waals surface area contributed by atoms with Crippen LogP contribution in [0.3, 0.4) is 0 Å². The lowest BCUT2D eigenvalue weighted by Gasteiger charge is -2.36. The number of ether oxygens (including phenoxy) is 1. The van der Waals surface area contributed by atoms with Gasteiger partial charge in [0.2, 0.25) is 0 Å². The number of halogens is 3. The van der Waals surface area contributed by atoms with Crippen molar-refractivity contribution >= 4 is 12.0 Å². The summed E-state index contributed by atoms with van der Waals surface area (Å²) in [6.45, 7) is 6.74. The van der Waals surface area contributed by atoms with E-state index in [0.29, 0.717) is 23.8 Å². The van der Waals surface area contributed by atoms with Crippen LogP contribution in [-0.4, -0.2) is 42.6 Å². The molecule has 0 bridgehead atoms. The number of alkyl halides is 1. The van der Waals surface area contributed by atoms with Gasteiger partial charge in [-0.1, -0.05) is 19.9 Å². The summed E-state index contributed by atoms with van der Waals surface area (Å²) < 4.78 is 48.9. The van der Waals surface area contributed by atoms with Gasteiger partial charge >= 0.3 is 0 Å². The smallest absolute Gasteiger partial charge is 0.168 e. The van der Waals surface area contributed by atoms with Gasteiger partial charge < -0.3 is 15.8 Å². The van der Waals surface area contributed by atoms with Crippen LogP contribution in [0.4, 0.5) is 18.9 Å². The number of aryl methyl sites for hydroxylation is 1. The molecule has 0 spiro atoms. The number of rotatable bonds is 6. The Morgan fingerprint density at radius 1 is 1.10 bits per heavy atom. The van der Waals surface area contributed by atoms with E-state index in [1.165, 1.54) is 30.5 Å². The fraction of sp³-hybridized carbons (Fsp3) is 0.485. The van der Waals surface area contributed by atoms with Gasteiger partial charge in [0, 0.05) is 50.9 Å². The van der Waals surface area contributed by atoms with Crippen LogP contribution in [0.25, 0.3) is 11.3 Å². The largest absolute Gasteiger partial charge is 0.387 e. The summed E-state index contributed by atoms with van der Waals surface area (Å²) in [6, 6.07) is 7.36. The lowest BCUT2D eigenvalue weighted by Crippen LogP contribution is -2.34. The van der Waals surface area contributed by atoms with Gasteiger partial charge in [-0.25, -0.2) is 18.2 Å². The number of aromatic nitrogens is 2. The molecule has 2 aliphatic rings. The molecule has 6 nitrogen and oxygen atoms in total. The topological polar surface area (TPSA) is 90.1 Å². The second-order valence-corrected chi connectivity index (χ2v) is 11.8. The molecular weight excluding hydrogens is 541 g/mol. The number of anilines is 1. The number of nitrogens with zero attached hydrogens (tertiary/aromatic N) is 2. The van der Waals surface area contributed by atoms with Gasteiger partial charge in [-0.05, 0) is 84.9 Å². The van der Waals surface area contributed by atoms with Gasteiger partial charge in [0.1, 0.15) is 28.7 Å². The Kier molecular flexibility index (Phi) is 10.4. The summed E-state index contributed by atoms with van der Waals surface area (Å²) in [5.74, 6) is 0.543. The Morgan fingerprint density at radius 3 is 2.48 bits per heavy atom. The third kappa shape index (κ3) is 7.18. The van der Waals surface area contributed by atoms with Crippen molar-refractivity contribution in [2.45, 2.75) is 70.5 Å². The molecule has 226 valence electrons. The third-order valence-electron chi connectivity index (χ3n) is 8.60. The van der Waals surface area contributed by atoms with Crippen molar-refractivity contribution in [1.29, 1.82) is 0 Å². The maximum Gasteiger partial charge on any atom is 0.168 e. The molecule has 3 unspecified atom stereocenters. The molecule has 1 saturated heterocycles. The SMILES string of the molecule is CNc1cnccc1C1CC(N)CC(C(C)C)C1.Cc1cc(C2(F)CCOCC2)cc(F)c1-c1nc(C=O)ccc1F. The number of carbonyl (C=O) groups is 1. The minimum atomic E-state index is -1.65. The molecule has 1 aliphatic heterocycles. The van der Waals surface area contributed by atoms with Crippen molar-refractivity contribution < 1.29 is 22.7 Å². The van der Waals surface area contributed by atoms with E-state index in [4.69, 9.17) is 10.5 Å². The fourth-order valence-corrected chi connectivity index (χ4v) is 6.16. The molecule has 5 rings (SSSR count). The summed E-state index contributed by atoms with van der Waals surface area (Å²) in [4.78, 5) is 18.9. The predicted molar refractivity (Wildman–Crippen MR) is 159 cm³/mol. The molecule has 42 heavy (non-hydrogen) atoms. The van der Waals surface area contributed by atoms with Crippen molar-refractivity contribution in [1.82, 2.24) is 9.97 Å². The Balaban J connectivity index is 0.000000201. The molecule has 1 saturated carbocycles. The number of pyridine rings is 2. The van der Waals surface area contributed by atoms with E-state index in [1.54, 1.807) is 6.92 Å². The monoisotopic (exact) mass is 582 g/mol. The van der Waals surface area contributed by atoms with E-state index in [0.717, 1.165) is 36.1 Å². The van der Waals surface area contributed by atoms with Gasteiger partial charge in [-0.15, -0.1) is 0 Å². The van der Waals surface area contributed by atoms with Crippen LogP contribution < -0.4 is 11.1 Å². The van der Waals surface area contributed by atoms with E-state index in [1.807, 2.05) is 19.4 Å². The Bertz CT molecular complexity index is 1350. The second-order valence-electron chi connectivity index (χ2n) is 11.8. The summed E-state index contributed by atoms with van der Waals surface area (Å²) in [6.07, 6.45) is 8.10. The fourth-order valence-electron chi connectivity index (χ4n) is 6.16. The lowest BCUT2D eigenvalue weighted by atomic mass is 9.72. The normalized spacial score (nSPS) is 21.8. The summed E-state index contributed by atoms with van der Waals surface area (Å²) in [5, 5.41) is 3.25. The van der Waals surface area contributed by atoms with Crippen LogP contribution in [0.5, 0.6) is 0 Å². The molecule has 2 fully saturated rings. The van der Waals surface area contributed by atoms with Crippen molar-refractivity contribution in [3.05, 3.63) is 76.7 Å². The predicted octanol–water partition coefficient (Wildman–Crippen LogP) is 7.11. The highest BCUT2D eigenvalue weighted by molar-refractivity contribution is 5.75. The van der Waals surface area contributed by atoms with Gasteiger partial charge in [0.25, 0.3) is 0 Å². The Morgan fingerprint density at radius 2 is 1.83 bits per heavy atom. The molecule has 2 aromatic heterocycles. The van der Waals surface area contributed by atoms with Crippen LogP contribution in [0.15, 0.2) is 42.7 Å². The van der Waals surface area contributed by atoms with Gasteiger partial charge in [0.05, 0.1) is 11.9 Å². The van der Waals surface area contributed by atoms with E-state index < -0.39 is 17.3 Å². The van der Waals surface area contributed by atoms with Crippen molar-refractivity contribution in [2.75, 3.05) is 25.6 Å². The first-order valence-corrected chi connectivity index (χ1v) is 14.6. The summed E-state index contributed by atoms with van der Waals surface area (Å²) in [5.41, 5.74) is 7.40. The maximum absolute atomic E-state index is 15.0. The minimum Gasteiger partial charge on any atom is -0.387 e. The van der Waals surface area contributed by atoms with Crippen LogP contribution in [-0.2, 0) is 10.4 Å². The van der Waals surface area contributed by atoms with Gasteiger partial charge in [-0.3, -0.25) is 9.78 Å². The van der Waals surface area contributed by atoms with E-state index in [9.17, 15) is 13.6 Å². The zero-order chi connectivity index (χ0) is 30.4. The first-order valence-electron chi connectivity index (χ1n) is 14.6. The van der Waals surface area contributed by atoms with Crippen LogP contribution in [0.1, 0.15) is 79.0 Å². The van der Waals surface area contributed by atoms with Crippen LogP contribution in [0, 0.1) is 30.4 Å². The molecule has 3 N–H and O–H groups in total. The maximum atomic E-state index is 15.0. The molecule has 0 amide bonds. The highest BCUT2D eigenvalue weighted by Gasteiger charge is 2.35. The highest BCUT2D eigenvalue weighted by Crippen LogP contribution is 2.41. The molecule has 3 atom stereocenters. The number of carbonyl (C=O) groups excluding carboxylic acids is 1. The van der Waals surface area contributed by atoms with E-state index in [2.05, 4.69) is 35.2 Å². The minimum absolute atomic E-state index is 0.000618. The zero-order valence-corrected chi connectivity index (χ0v) is 24.8. The molecule has 3 heterocycles. The number of hydrogen-bond acceptors (Lipinski definition) is 6. The molecular formula is C33H41F3N4O2. The molecule has 9 heteroatoms. The number of aldehydes is 1. The van der Waals surface area contributed by atoms with Crippen LogP contribution >= 0.6 is 0 Å². The van der Waals surface area contributed by atoms with Crippen molar-refractivity contribution in [3.8, 4) is 11.3 Å². The van der Waals surface area contributed by atoms with E-state index >= 15 is 4.39 Å². The Labute approximate surface area is 246 Å². The number of hydrogen-bond donors (Lipinski definition) is 2. The number of nitrogens with two attached hydrogens (primary N) is 1. The first-order chi connectivity index (χ1) is 20.1. The number of nitrogens with one attached hydrogen (secondary N) is 1. The number of benzene rings is 1. The molecule has 1 aliphatic carbocycles. The lowest BCUT2D eigenvalue weighted by molar-refractivity contribution is -0.0116. The molecule has 3 aromatic rings. The average molecular weight is 583 g/mol. The van der Waals surface area contributed by atoms with Crippen molar-refractivity contribution in [3.63, 3.8) is 0 Å². The second kappa shape index (κ2) is 13.8. The van der Waals surface area contributed by atoms with Crippen LogP contribution in [0.2, 0.25) is 0 Å². The van der Waals surface area contributed by atoms with E-state index in [-0.39, 0.29) is 48.6 Å². The molecule has 0 radical (unpaired) electrons. The standard InChI is InChI=1S/C18H16F3NO2.C15H25N3/c1-11-8-12(18(21)4-6-24-7-5-18)9-15(20)16(11)17-14(19)3-2-13(10-23)22-17;1-10(2)11-6-12(8-13(16)7-11)14-4-5-18-9-15(14)17-3/h2-3,8-10H,4-7H2,1H3;4-5,9-13,17H,6-8,16H2,1-3H3. The molecule has 1 aromatic carbocycles.